The number of fused-ring (bicyclic) bond motifs is 1. The van der Waals surface area contributed by atoms with Crippen molar-refractivity contribution in [2.24, 2.45) is 0 Å². The molecule has 0 saturated carbocycles. The number of carboxylic acids is 1. The van der Waals surface area contributed by atoms with Gasteiger partial charge in [-0.05, 0) is 36.4 Å². The van der Waals surface area contributed by atoms with Gasteiger partial charge in [-0.1, -0.05) is 12.1 Å². The summed E-state index contributed by atoms with van der Waals surface area (Å²) < 4.78 is 71.5. The van der Waals surface area contributed by atoms with Crippen LogP contribution in [0, 0.1) is 0 Å². The molecule has 0 bridgehead atoms. The number of aromatic nitrogens is 1. The molecule has 0 atom stereocenters. The summed E-state index contributed by atoms with van der Waals surface area (Å²) in [7, 11) is -3.87. The van der Waals surface area contributed by atoms with E-state index >= 15 is 0 Å². The van der Waals surface area contributed by atoms with Gasteiger partial charge in [0.2, 0.25) is 10.0 Å². The maximum Gasteiger partial charge on any atom is 0.416 e. The number of halogens is 3. The number of nitrogens with zero attached hydrogens (tertiary/aromatic N) is 2. The van der Waals surface area contributed by atoms with E-state index in [0.717, 1.165) is 18.2 Å². The number of carbonyl (C=O) groups is 1. The monoisotopic (exact) mass is 466 g/mol. The molecule has 2 heterocycles. The van der Waals surface area contributed by atoms with E-state index in [9.17, 15) is 31.5 Å². The minimum atomic E-state index is -4.56. The number of hydrogen-bond donors (Lipinski definition) is 1. The molecule has 168 valence electrons. The van der Waals surface area contributed by atoms with Crippen molar-refractivity contribution in [1.82, 2.24) is 9.29 Å². The maximum atomic E-state index is 13.1. The Kier molecular flexibility index (Phi) is 5.65. The highest BCUT2D eigenvalue weighted by molar-refractivity contribution is 7.89. The molecule has 0 amide bonds. The number of aromatic carboxylic acids is 1. The second-order valence-electron chi connectivity index (χ2n) is 7.13. The van der Waals surface area contributed by atoms with Gasteiger partial charge in [0.15, 0.2) is 0 Å². The van der Waals surface area contributed by atoms with Crippen molar-refractivity contribution in [3.8, 4) is 11.3 Å². The van der Waals surface area contributed by atoms with Crippen molar-refractivity contribution in [3.63, 3.8) is 0 Å². The van der Waals surface area contributed by atoms with Crippen LogP contribution in [0.2, 0.25) is 0 Å². The van der Waals surface area contributed by atoms with Crippen molar-refractivity contribution >= 4 is 26.9 Å². The summed E-state index contributed by atoms with van der Waals surface area (Å²) in [6.45, 7) is 0.877. The summed E-state index contributed by atoms with van der Waals surface area (Å²) in [4.78, 5) is 16.1. The van der Waals surface area contributed by atoms with E-state index in [4.69, 9.17) is 4.74 Å². The van der Waals surface area contributed by atoms with Crippen LogP contribution in [0.15, 0.2) is 53.4 Å². The Bertz CT molecular complexity index is 1300. The third kappa shape index (κ3) is 4.18. The number of alkyl halides is 3. The Hall–Kier alpha value is -3.02. The molecule has 1 saturated heterocycles. The summed E-state index contributed by atoms with van der Waals surface area (Å²) in [6.07, 6.45) is -4.56. The molecule has 3 aromatic rings. The summed E-state index contributed by atoms with van der Waals surface area (Å²) in [5, 5.41) is 9.77. The first-order valence-corrected chi connectivity index (χ1v) is 10.9. The number of pyridine rings is 1. The topological polar surface area (TPSA) is 96.8 Å². The summed E-state index contributed by atoms with van der Waals surface area (Å²) in [5.74, 6) is -1.36. The fourth-order valence-electron chi connectivity index (χ4n) is 3.48. The highest BCUT2D eigenvalue weighted by Crippen LogP contribution is 2.33. The smallest absolute Gasteiger partial charge is 0.416 e. The van der Waals surface area contributed by atoms with Gasteiger partial charge in [-0.15, -0.1) is 0 Å². The van der Waals surface area contributed by atoms with Crippen LogP contribution in [0.4, 0.5) is 13.2 Å². The van der Waals surface area contributed by atoms with Gasteiger partial charge in [0.05, 0.1) is 40.4 Å². The van der Waals surface area contributed by atoms with Gasteiger partial charge in [0, 0.05) is 24.0 Å². The molecule has 32 heavy (non-hydrogen) atoms. The molecule has 1 aliphatic rings. The molecule has 0 radical (unpaired) electrons. The molecular formula is C21H17F3N2O5S. The first-order chi connectivity index (χ1) is 15.1. The van der Waals surface area contributed by atoms with E-state index in [0.29, 0.717) is 0 Å². The molecule has 1 fully saturated rings. The van der Waals surface area contributed by atoms with Gasteiger partial charge < -0.3 is 9.84 Å². The predicted octanol–water partition coefficient (Wildman–Crippen LogP) is 3.64. The molecule has 1 N–H and O–H groups in total. The zero-order valence-electron chi connectivity index (χ0n) is 16.5. The van der Waals surface area contributed by atoms with Gasteiger partial charge in [-0.3, -0.25) is 0 Å². The van der Waals surface area contributed by atoms with Crippen LogP contribution < -0.4 is 0 Å². The lowest BCUT2D eigenvalue weighted by Crippen LogP contribution is -2.40. The van der Waals surface area contributed by atoms with Gasteiger partial charge in [-0.25, -0.2) is 18.2 Å². The van der Waals surface area contributed by atoms with Gasteiger partial charge in [-0.2, -0.15) is 17.5 Å². The Morgan fingerprint density at radius 2 is 1.78 bits per heavy atom. The lowest BCUT2D eigenvalue weighted by molar-refractivity contribution is -0.137. The number of sulfonamides is 1. The first-order valence-electron chi connectivity index (χ1n) is 9.51. The Morgan fingerprint density at radius 1 is 1.06 bits per heavy atom. The number of rotatable bonds is 4. The molecule has 1 aromatic heterocycles. The van der Waals surface area contributed by atoms with Crippen molar-refractivity contribution in [3.05, 3.63) is 59.7 Å². The zero-order valence-corrected chi connectivity index (χ0v) is 17.3. The van der Waals surface area contributed by atoms with Crippen molar-refractivity contribution in [2.45, 2.75) is 11.1 Å². The minimum Gasteiger partial charge on any atom is -0.478 e. The van der Waals surface area contributed by atoms with Crippen molar-refractivity contribution in [1.29, 1.82) is 0 Å². The average molecular weight is 466 g/mol. The van der Waals surface area contributed by atoms with Gasteiger partial charge >= 0.3 is 12.1 Å². The molecule has 1 aliphatic heterocycles. The van der Waals surface area contributed by atoms with Gasteiger partial charge in [0.25, 0.3) is 0 Å². The fraction of sp³-hybridized carbons (Fsp3) is 0.238. The lowest BCUT2D eigenvalue weighted by Gasteiger charge is -2.26. The largest absolute Gasteiger partial charge is 0.478 e. The fourth-order valence-corrected chi connectivity index (χ4v) is 4.92. The third-order valence-corrected chi connectivity index (χ3v) is 7.00. The lowest BCUT2D eigenvalue weighted by atomic mass is 10.0. The predicted molar refractivity (Wildman–Crippen MR) is 109 cm³/mol. The van der Waals surface area contributed by atoms with Crippen LogP contribution in [0.25, 0.3) is 22.2 Å². The summed E-state index contributed by atoms with van der Waals surface area (Å²) in [6, 6.07) is 9.43. The van der Waals surface area contributed by atoms with Crippen LogP contribution in [-0.4, -0.2) is 55.1 Å². The van der Waals surface area contributed by atoms with Crippen molar-refractivity contribution in [2.75, 3.05) is 26.3 Å². The molecule has 0 unspecified atom stereocenters. The Labute approximate surface area is 181 Å². The quantitative estimate of drug-likeness (QED) is 0.631. The molecule has 11 heteroatoms. The number of hydrogen-bond acceptors (Lipinski definition) is 5. The molecule has 7 nitrogen and oxygen atoms in total. The molecule has 0 aliphatic carbocycles. The average Bonchev–Trinajstić information content (AvgIpc) is 2.78. The zero-order chi connectivity index (χ0) is 23.1. The SMILES string of the molecule is O=C(O)c1cc(-c2cccc(C(F)(F)F)c2)nc2ccc(S(=O)(=O)N3CCOCC3)cc12. The molecule has 0 spiro atoms. The molecule has 4 rings (SSSR count). The normalized spacial score (nSPS) is 15.7. The number of ether oxygens (including phenoxy) is 1. The van der Waals surface area contributed by atoms with E-state index in [1.165, 1.54) is 34.6 Å². The molecular weight excluding hydrogens is 449 g/mol. The van der Waals surface area contributed by atoms with Gasteiger partial charge in [0.1, 0.15) is 0 Å². The standard InChI is InChI=1S/C21H17F3N2O5S/c22-21(23,24)14-3-1-2-13(10-14)19-12-17(20(27)28)16-11-15(4-5-18(16)25-19)32(29,30)26-6-8-31-9-7-26/h1-5,10-12H,6-9H2,(H,27,28). The number of benzene rings is 2. The summed E-state index contributed by atoms with van der Waals surface area (Å²) in [5.41, 5.74) is -0.876. The van der Waals surface area contributed by atoms with Crippen LogP contribution in [-0.2, 0) is 20.9 Å². The number of carboxylic acid groups (broad SMARTS) is 1. The third-order valence-electron chi connectivity index (χ3n) is 5.10. The van der Waals surface area contributed by atoms with Crippen LogP contribution in [0.5, 0.6) is 0 Å². The number of morpholine rings is 1. The van der Waals surface area contributed by atoms with Crippen LogP contribution in [0.1, 0.15) is 15.9 Å². The van der Waals surface area contributed by atoms with E-state index in [-0.39, 0.29) is 58.9 Å². The van der Waals surface area contributed by atoms with E-state index in [1.54, 1.807) is 0 Å². The summed E-state index contributed by atoms with van der Waals surface area (Å²) >= 11 is 0. The van der Waals surface area contributed by atoms with E-state index in [2.05, 4.69) is 4.98 Å². The van der Waals surface area contributed by atoms with Crippen LogP contribution in [0.3, 0.4) is 0 Å². The first kappa shape index (κ1) is 22.2. The highest BCUT2D eigenvalue weighted by Gasteiger charge is 2.31. The second-order valence-corrected chi connectivity index (χ2v) is 9.07. The molecule has 2 aromatic carbocycles. The Morgan fingerprint density at radius 3 is 2.44 bits per heavy atom. The Balaban J connectivity index is 1.84. The second kappa shape index (κ2) is 8.15. The van der Waals surface area contributed by atoms with Crippen LogP contribution >= 0.6 is 0 Å². The minimum absolute atomic E-state index is 0.0322. The maximum absolute atomic E-state index is 13.1. The van der Waals surface area contributed by atoms with Crippen molar-refractivity contribution < 1.29 is 36.2 Å². The van der Waals surface area contributed by atoms with E-state index in [1.807, 2.05) is 0 Å². The highest BCUT2D eigenvalue weighted by atomic mass is 32.2. The van der Waals surface area contributed by atoms with E-state index < -0.39 is 27.7 Å².